The summed E-state index contributed by atoms with van der Waals surface area (Å²) in [6.45, 7) is 28.7. The van der Waals surface area contributed by atoms with Crippen LogP contribution in [0.3, 0.4) is 0 Å². The van der Waals surface area contributed by atoms with Crippen molar-refractivity contribution in [3.63, 3.8) is 0 Å². The van der Waals surface area contributed by atoms with Crippen molar-refractivity contribution in [2.45, 2.75) is 120 Å². The van der Waals surface area contributed by atoms with Crippen molar-refractivity contribution in [3.8, 4) is 0 Å². The van der Waals surface area contributed by atoms with E-state index in [4.69, 9.17) is 34.9 Å². The van der Waals surface area contributed by atoms with Crippen LogP contribution in [0.4, 0.5) is 0 Å². The molecule has 24 heteroatoms. The van der Waals surface area contributed by atoms with E-state index in [1.165, 1.54) is 0 Å². The molecule has 3 aromatic rings. The third-order valence-corrected chi connectivity index (χ3v) is 31.2. The van der Waals surface area contributed by atoms with E-state index >= 15 is 0 Å². The maximum absolute atomic E-state index is 13.8. The van der Waals surface area contributed by atoms with Crippen LogP contribution in [-0.4, -0.2) is 152 Å². The largest absolute Gasteiger partial charge is 0.466 e. The van der Waals surface area contributed by atoms with Crippen molar-refractivity contribution in [1.29, 1.82) is 0 Å². The first-order chi connectivity index (χ1) is 37.5. The monoisotopic (exact) mass is 1260 g/mol. The first-order valence-electron chi connectivity index (χ1n) is 27.4. The van der Waals surface area contributed by atoms with E-state index in [0.717, 1.165) is 15.9 Å². The Morgan fingerprint density at radius 1 is 0.556 bits per heavy atom. The summed E-state index contributed by atoms with van der Waals surface area (Å²) in [6.07, 6.45) is 0.567. The van der Waals surface area contributed by atoms with Crippen LogP contribution >= 0.6 is 42.9 Å². The molecule has 5 atom stereocenters. The van der Waals surface area contributed by atoms with Crippen LogP contribution in [0.2, 0.25) is 0 Å². The molecule has 0 radical (unpaired) electrons. The number of aliphatic hydroxyl groups excluding tert-OH is 8. The van der Waals surface area contributed by atoms with E-state index in [2.05, 4.69) is 6.58 Å². The fourth-order valence-corrected chi connectivity index (χ4v) is 26.6. The van der Waals surface area contributed by atoms with Gasteiger partial charge in [0.2, 0.25) is 0 Å². The van der Waals surface area contributed by atoms with Gasteiger partial charge in [0, 0.05) is 52.9 Å². The van der Waals surface area contributed by atoms with E-state index in [-0.39, 0.29) is 85.4 Å². The Balaban J connectivity index is 0.00000102. The summed E-state index contributed by atoms with van der Waals surface area (Å²) < 4.78 is 79.8. The van der Waals surface area contributed by atoms with Gasteiger partial charge in [0.25, 0.3) is 0 Å². The molecule has 1 fully saturated rings. The molecule has 1 heterocycles. The first-order valence-corrected chi connectivity index (χ1v) is 40.0. The number of hydrogen-bond donors (Lipinski definition) is 8. The van der Waals surface area contributed by atoms with E-state index < -0.39 is 66.2 Å². The second-order valence-electron chi connectivity index (χ2n) is 23.2. The maximum Gasteiger partial charge on any atom is 0.306 e. The third kappa shape index (κ3) is 27.3. The lowest BCUT2D eigenvalue weighted by Gasteiger charge is -2.45. The maximum atomic E-state index is 13.8. The minimum absolute atomic E-state index is 0.00880. The summed E-state index contributed by atoms with van der Waals surface area (Å²) in [7, 11) is -17.9. The smallest absolute Gasteiger partial charge is 0.306 e. The van der Waals surface area contributed by atoms with Crippen molar-refractivity contribution in [3.05, 3.63) is 103 Å². The van der Waals surface area contributed by atoms with Gasteiger partial charge < -0.3 is 77.9 Å². The molecule has 0 spiro atoms. The van der Waals surface area contributed by atoms with Crippen molar-refractivity contribution in [1.82, 2.24) is 0 Å². The predicted molar refractivity (Wildman–Crippen MR) is 332 cm³/mol. The highest BCUT2D eigenvalue weighted by Gasteiger charge is 2.61. The van der Waals surface area contributed by atoms with Gasteiger partial charge in [-0.05, 0) is 42.9 Å². The average Bonchev–Trinajstić information content (AvgIpc) is 3.40. The molecule has 1 saturated heterocycles. The zero-order chi connectivity index (χ0) is 62.6. The number of aliphatic hydroxyl groups is 8. The standard InChI is InChI=1S/C18H15OP.C14H27O5P.C12H26O6P2.C7H17O3P.C6H15O3P/c19-20(16-10-4-1-5-11-16,17-12-6-2-7-13-17)18-14-8-3-9-15-18;1-6-17-14(15)8-9-20(16,10-12(3)4)11-13(5)19-18-7-2;1-7(2)5-19(17)9(13)11(15)20(18,6-8(3)4)12(16)10(19)14;1-7(2,3)4-11(10,5-8)6-9;1-6(2)3-10(9,4-7)5-8/h1-15H;12H,5-11H2,1-4H3;7-16H,5-6H2,1-4H3;8-9H,4-6H2,1-3H3;6-8H,3-5H2,1-2H3. The Labute approximate surface area is 484 Å². The molecule has 8 N–H and O–H groups in total. The van der Waals surface area contributed by atoms with Crippen molar-refractivity contribution in [2.24, 2.45) is 29.1 Å². The summed E-state index contributed by atoms with van der Waals surface area (Å²) in [6, 6.07) is 29.1. The number of benzene rings is 3. The molecule has 0 amide bonds. The second kappa shape index (κ2) is 37.3. The Morgan fingerprint density at radius 2 is 0.889 bits per heavy atom. The molecule has 1 aliphatic rings. The minimum Gasteiger partial charge on any atom is -0.466 e. The SMILES string of the molecule is C=C(CP(=O)(CCC(=O)OCC)CC(C)C)OOCC.CC(C)(C)CP(=O)(CO)CO.CC(C)CP(=O)(CO)CO.CC(C)CP1(=O)C(O)C(O)P(=O)(CC(C)C)C(O)C1O.O=P(c1ccccc1)(c1ccccc1)c1ccccc1. The quantitative estimate of drug-likeness (QED) is 0.0129. The number of hydrogen-bond acceptors (Lipinski definition) is 18. The van der Waals surface area contributed by atoms with Crippen LogP contribution in [-0.2, 0) is 46.7 Å². The lowest BCUT2D eigenvalue weighted by atomic mass is 10.0. The van der Waals surface area contributed by atoms with Crippen LogP contribution in [0, 0.1) is 29.1 Å². The number of carbonyl (C=O) groups excluding carboxylic acids is 1. The third-order valence-electron chi connectivity index (χ3n) is 12.0. The molecule has 1 aliphatic heterocycles. The normalized spacial score (nSPS) is 21.0. The molecule has 18 nitrogen and oxygen atoms in total. The fraction of sp³-hybridized carbons (Fsp3) is 0.632. The topological polar surface area (TPSA) is 309 Å². The van der Waals surface area contributed by atoms with Crippen LogP contribution < -0.4 is 15.9 Å². The zero-order valence-electron chi connectivity index (χ0n) is 50.2. The zero-order valence-corrected chi connectivity index (χ0v) is 55.6. The van der Waals surface area contributed by atoms with Gasteiger partial charge in [-0.2, -0.15) is 4.89 Å². The number of allylic oxidation sites excluding steroid dienone is 1. The van der Waals surface area contributed by atoms with Crippen molar-refractivity contribution < 1.29 is 87.5 Å². The first kappa shape index (κ1) is 78.7. The van der Waals surface area contributed by atoms with Crippen LogP contribution in [0.15, 0.2) is 103 Å². The lowest BCUT2D eigenvalue weighted by Crippen LogP contribution is -2.46. The van der Waals surface area contributed by atoms with E-state index in [1.807, 2.05) is 139 Å². The summed E-state index contributed by atoms with van der Waals surface area (Å²) in [4.78, 5) is 21.1. The predicted octanol–water partition coefficient (Wildman–Crippen LogP) is 10.3. The van der Waals surface area contributed by atoms with Gasteiger partial charge >= 0.3 is 5.97 Å². The molecule has 0 bridgehead atoms. The van der Waals surface area contributed by atoms with E-state index in [0.29, 0.717) is 43.6 Å². The number of esters is 1. The molecule has 0 aliphatic carbocycles. The number of carbonyl (C=O) groups is 1. The van der Waals surface area contributed by atoms with Gasteiger partial charge in [0.1, 0.15) is 57.7 Å². The number of rotatable bonds is 25. The Morgan fingerprint density at radius 3 is 1.14 bits per heavy atom. The average molecular weight is 1260 g/mol. The summed E-state index contributed by atoms with van der Waals surface area (Å²) in [5.41, 5.74) is -0.0962. The van der Waals surface area contributed by atoms with Gasteiger partial charge in [0.05, 0.1) is 58.3 Å². The summed E-state index contributed by atoms with van der Waals surface area (Å²) in [5.74, 6) is -6.57. The molecule has 5 unspecified atom stereocenters. The lowest BCUT2D eigenvalue weighted by molar-refractivity contribution is -0.256. The van der Waals surface area contributed by atoms with E-state index in [9.17, 15) is 52.6 Å². The van der Waals surface area contributed by atoms with E-state index in [1.54, 1.807) is 41.5 Å². The molecule has 81 heavy (non-hydrogen) atoms. The Kier molecular flexibility index (Phi) is 36.2. The molecular weight excluding hydrogens is 1160 g/mol. The van der Waals surface area contributed by atoms with Gasteiger partial charge in [-0.1, -0.05) is 174 Å². The molecule has 3 aromatic carbocycles. The molecule has 0 aromatic heterocycles. The van der Waals surface area contributed by atoms with Gasteiger partial charge in [-0.15, -0.1) is 0 Å². The van der Waals surface area contributed by atoms with Crippen molar-refractivity contribution in [2.75, 3.05) is 81.7 Å². The fourth-order valence-electron chi connectivity index (χ4n) is 8.90. The van der Waals surface area contributed by atoms with Gasteiger partial charge in [-0.3, -0.25) is 4.79 Å². The Hall–Kier alpha value is -2.31. The van der Waals surface area contributed by atoms with Crippen molar-refractivity contribution >= 4 is 64.7 Å². The number of ether oxygens (including phenoxy) is 1. The van der Waals surface area contributed by atoms with Crippen LogP contribution in [0.5, 0.6) is 0 Å². The highest BCUT2D eigenvalue weighted by atomic mass is 31.2. The Bertz CT molecular complexity index is 2370. The van der Waals surface area contributed by atoms with Crippen LogP contribution in [0.1, 0.15) is 96.4 Å². The molecular formula is C57H100O18P6. The molecule has 4 rings (SSSR count). The highest BCUT2D eigenvalue weighted by molar-refractivity contribution is 7.85. The molecule has 466 valence electrons. The molecule has 0 saturated carbocycles. The van der Waals surface area contributed by atoms with Crippen LogP contribution in [0.25, 0.3) is 0 Å². The van der Waals surface area contributed by atoms with Gasteiger partial charge in [-0.25, -0.2) is 0 Å². The minimum atomic E-state index is -3.65. The summed E-state index contributed by atoms with van der Waals surface area (Å²) >= 11 is 0. The summed E-state index contributed by atoms with van der Waals surface area (Å²) in [5, 5.41) is 77.8. The second-order valence-corrected chi connectivity index (χ2v) is 41.5. The highest BCUT2D eigenvalue weighted by Crippen LogP contribution is 2.73. The van der Waals surface area contributed by atoms with Gasteiger partial charge in [0.15, 0.2) is 7.14 Å².